The van der Waals surface area contributed by atoms with Gasteiger partial charge in [-0.1, -0.05) is 27.2 Å². The first kappa shape index (κ1) is 18.9. The smallest absolute Gasteiger partial charge is 0.0330 e. The van der Waals surface area contributed by atoms with E-state index in [9.17, 15) is 0 Å². The van der Waals surface area contributed by atoms with Gasteiger partial charge in [0.25, 0.3) is 0 Å². The molecule has 1 atom stereocenters. The van der Waals surface area contributed by atoms with Gasteiger partial charge in [-0.15, -0.1) is 0 Å². The Morgan fingerprint density at radius 1 is 1.10 bits per heavy atom. The zero-order valence-corrected chi connectivity index (χ0v) is 15.5. The second-order valence-electron chi connectivity index (χ2n) is 7.88. The van der Waals surface area contributed by atoms with Crippen LogP contribution < -0.4 is 5.32 Å². The van der Waals surface area contributed by atoms with Crippen molar-refractivity contribution >= 4 is 0 Å². The van der Waals surface area contributed by atoms with Crippen molar-refractivity contribution in [1.82, 2.24) is 15.1 Å². The van der Waals surface area contributed by atoms with Crippen LogP contribution in [0.2, 0.25) is 0 Å². The van der Waals surface area contributed by atoms with Crippen molar-refractivity contribution in [3.05, 3.63) is 0 Å². The summed E-state index contributed by atoms with van der Waals surface area (Å²) in [6, 6.07) is 0. The van der Waals surface area contributed by atoms with Crippen LogP contribution in [-0.4, -0.2) is 62.7 Å². The van der Waals surface area contributed by atoms with Crippen molar-refractivity contribution in [2.45, 2.75) is 64.8 Å². The molecule has 0 aromatic rings. The number of nitrogens with zero attached hydrogens (tertiary/aromatic N) is 2. The van der Waals surface area contributed by atoms with Gasteiger partial charge < -0.3 is 15.1 Å². The first-order valence-electron chi connectivity index (χ1n) is 8.94. The highest BCUT2D eigenvalue weighted by atomic mass is 15.2. The number of rotatable bonds is 11. The second-order valence-corrected chi connectivity index (χ2v) is 7.88. The molecule has 126 valence electrons. The molecule has 0 aromatic heterocycles. The SMILES string of the molecule is CCCNCC(C)(CCC)CN(C)CC1(N(C)C)CCC1. The third-order valence-electron chi connectivity index (χ3n) is 5.28. The minimum absolute atomic E-state index is 0.399. The summed E-state index contributed by atoms with van der Waals surface area (Å²) in [5.41, 5.74) is 0.842. The molecule has 1 rings (SSSR count). The Morgan fingerprint density at radius 2 is 1.76 bits per heavy atom. The first-order chi connectivity index (χ1) is 9.87. The molecule has 0 radical (unpaired) electrons. The minimum atomic E-state index is 0.399. The summed E-state index contributed by atoms with van der Waals surface area (Å²) in [5.74, 6) is 0. The number of hydrogen-bond acceptors (Lipinski definition) is 3. The maximum Gasteiger partial charge on any atom is 0.0330 e. The van der Waals surface area contributed by atoms with Crippen molar-refractivity contribution in [2.24, 2.45) is 5.41 Å². The van der Waals surface area contributed by atoms with Gasteiger partial charge >= 0.3 is 0 Å². The van der Waals surface area contributed by atoms with Gasteiger partial charge in [-0.05, 0) is 65.2 Å². The Hall–Kier alpha value is -0.120. The summed E-state index contributed by atoms with van der Waals surface area (Å²) in [7, 11) is 6.82. The van der Waals surface area contributed by atoms with Crippen LogP contribution in [0.1, 0.15) is 59.3 Å². The van der Waals surface area contributed by atoms with Crippen LogP contribution in [0.15, 0.2) is 0 Å². The Morgan fingerprint density at radius 3 is 2.19 bits per heavy atom. The summed E-state index contributed by atoms with van der Waals surface area (Å²) >= 11 is 0. The van der Waals surface area contributed by atoms with E-state index in [1.807, 2.05) is 0 Å². The van der Waals surface area contributed by atoms with Crippen molar-refractivity contribution in [1.29, 1.82) is 0 Å². The van der Waals surface area contributed by atoms with E-state index < -0.39 is 0 Å². The highest BCUT2D eigenvalue weighted by molar-refractivity contribution is 4.98. The fourth-order valence-corrected chi connectivity index (χ4v) is 3.94. The summed E-state index contributed by atoms with van der Waals surface area (Å²) in [5, 5.41) is 3.64. The normalized spacial score (nSPS) is 20.6. The average Bonchev–Trinajstić information content (AvgIpc) is 2.33. The van der Waals surface area contributed by atoms with Crippen LogP contribution in [0.5, 0.6) is 0 Å². The van der Waals surface area contributed by atoms with E-state index in [4.69, 9.17) is 0 Å². The lowest BCUT2D eigenvalue weighted by Crippen LogP contribution is -2.57. The summed E-state index contributed by atoms with van der Waals surface area (Å²) < 4.78 is 0. The molecule has 0 spiro atoms. The predicted octanol–water partition coefficient (Wildman–Crippen LogP) is 3.21. The summed E-state index contributed by atoms with van der Waals surface area (Å²) in [4.78, 5) is 5.04. The Labute approximate surface area is 133 Å². The lowest BCUT2D eigenvalue weighted by atomic mass is 9.75. The van der Waals surface area contributed by atoms with Gasteiger partial charge in [-0.3, -0.25) is 0 Å². The van der Waals surface area contributed by atoms with Crippen LogP contribution in [0.4, 0.5) is 0 Å². The van der Waals surface area contributed by atoms with Crippen molar-refractivity contribution < 1.29 is 0 Å². The van der Waals surface area contributed by atoms with Crippen LogP contribution in [0, 0.1) is 5.41 Å². The van der Waals surface area contributed by atoms with Crippen LogP contribution in [0.3, 0.4) is 0 Å². The third kappa shape index (κ3) is 5.54. The summed E-state index contributed by atoms with van der Waals surface area (Å²) in [6.07, 6.45) is 7.93. The molecule has 1 aliphatic rings. The first-order valence-corrected chi connectivity index (χ1v) is 8.94. The molecule has 3 nitrogen and oxygen atoms in total. The van der Waals surface area contributed by atoms with Crippen LogP contribution in [0.25, 0.3) is 0 Å². The maximum atomic E-state index is 3.64. The molecule has 1 unspecified atom stereocenters. The lowest BCUT2D eigenvalue weighted by molar-refractivity contribution is 0.0163. The number of likely N-dealkylation sites (N-methyl/N-ethyl adjacent to an activating group) is 2. The molecule has 0 aliphatic heterocycles. The molecular weight excluding hydrogens is 258 g/mol. The molecule has 0 saturated heterocycles. The molecule has 0 heterocycles. The molecule has 1 saturated carbocycles. The topological polar surface area (TPSA) is 18.5 Å². The van der Waals surface area contributed by atoms with Crippen LogP contribution in [-0.2, 0) is 0 Å². The maximum absolute atomic E-state index is 3.64. The van der Waals surface area contributed by atoms with E-state index in [1.54, 1.807) is 0 Å². The number of nitrogens with one attached hydrogen (secondary N) is 1. The molecule has 1 fully saturated rings. The molecule has 1 aliphatic carbocycles. The van der Waals surface area contributed by atoms with Gasteiger partial charge in [0.05, 0.1) is 0 Å². The predicted molar refractivity (Wildman–Crippen MR) is 93.9 cm³/mol. The highest BCUT2D eigenvalue weighted by Gasteiger charge is 2.40. The van der Waals surface area contributed by atoms with Crippen molar-refractivity contribution in [2.75, 3.05) is 47.3 Å². The monoisotopic (exact) mass is 297 g/mol. The molecule has 0 aromatic carbocycles. The van der Waals surface area contributed by atoms with Gasteiger partial charge in [0.1, 0.15) is 0 Å². The van der Waals surface area contributed by atoms with E-state index in [0.717, 1.165) is 13.1 Å². The quantitative estimate of drug-likeness (QED) is 0.591. The third-order valence-corrected chi connectivity index (χ3v) is 5.28. The van der Waals surface area contributed by atoms with Gasteiger partial charge in [-0.2, -0.15) is 0 Å². The molecule has 3 heteroatoms. The average molecular weight is 298 g/mol. The van der Waals surface area contributed by atoms with E-state index in [1.165, 1.54) is 51.6 Å². The Bertz CT molecular complexity index is 286. The Kier molecular flexibility index (Phi) is 7.66. The molecule has 21 heavy (non-hydrogen) atoms. The molecular formula is C18H39N3. The molecule has 0 amide bonds. The van der Waals surface area contributed by atoms with E-state index >= 15 is 0 Å². The Balaban J connectivity index is 2.52. The largest absolute Gasteiger partial charge is 0.316 e. The standard InChI is InChI=1S/C18H39N3/c1-7-10-17(3,14-19-13-8-2)15-21(6)16-18(20(4)5)11-9-12-18/h19H,7-16H2,1-6H3. The zero-order valence-electron chi connectivity index (χ0n) is 15.5. The van der Waals surface area contributed by atoms with Gasteiger partial charge in [0.15, 0.2) is 0 Å². The second kappa shape index (κ2) is 8.50. The fourth-order valence-electron chi connectivity index (χ4n) is 3.94. The molecule has 1 N–H and O–H groups in total. The van der Waals surface area contributed by atoms with Crippen molar-refractivity contribution in [3.8, 4) is 0 Å². The fraction of sp³-hybridized carbons (Fsp3) is 1.00. The van der Waals surface area contributed by atoms with E-state index in [2.05, 4.69) is 57.0 Å². The summed E-state index contributed by atoms with van der Waals surface area (Å²) in [6.45, 7) is 11.7. The van der Waals surface area contributed by atoms with Gasteiger partial charge in [0, 0.05) is 25.2 Å². The van der Waals surface area contributed by atoms with Gasteiger partial charge in [0.2, 0.25) is 0 Å². The highest BCUT2D eigenvalue weighted by Crippen LogP contribution is 2.37. The zero-order chi connectivity index (χ0) is 15.9. The van der Waals surface area contributed by atoms with E-state index in [-0.39, 0.29) is 0 Å². The number of hydrogen-bond donors (Lipinski definition) is 1. The van der Waals surface area contributed by atoms with Gasteiger partial charge in [-0.25, -0.2) is 0 Å². The lowest BCUT2D eigenvalue weighted by Gasteiger charge is -2.50. The minimum Gasteiger partial charge on any atom is -0.316 e. The van der Waals surface area contributed by atoms with Crippen LogP contribution >= 0.6 is 0 Å². The molecule has 0 bridgehead atoms. The van der Waals surface area contributed by atoms with Crippen molar-refractivity contribution in [3.63, 3.8) is 0 Å². The van der Waals surface area contributed by atoms with E-state index in [0.29, 0.717) is 11.0 Å².